The summed E-state index contributed by atoms with van der Waals surface area (Å²) in [6.07, 6.45) is 1.31. The molecule has 1 aliphatic heterocycles. The highest BCUT2D eigenvalue weighted by Gasteiger charge is 2.40. The van der Waals surface area contributed by atoms with Crippen LogP contribution < -0.4 is 10.0 Å². The number of carboxylic acids is 1. The zero-order chi connectivity index (χ0) is 19.6. The number of aromatic nitrogens is 1. The molecule has 0 N–H and O–H groups in total. The van der Waals surface area contributed by atoms with Crippen molar-refractivity contribution in [1.82, 2.24) is 4.98 Å². The Labute approximate surface area is 158 Å². The number of thioether (sulfide) groups is 1. The third kappa shape index (κ3) is 3.68. The minimum atomic E-state index is -1.40. The van der Waals surface area contributed by atoms with Crippen molar-refractivity contribution < 1.29 is 29.0 Å². The molecule has 3 rings (SSSR count). The average molecular weight is 385 g/mol. The van der Waals surface area contributed by atoms with Crippen molar-refractivity contribution in [2.45, 2.75) is 16.7 Å². The van der Waals surface area contributed by atoms with Crippen LogP contribution >= 0.6 is 11.8 Å². The molecule has 138 valence electrons. The van der Waals surface area contributed by atoms with Crippen molar-refractivity contribution in [2.75, 3.05) is 12.0 Å². The second kappa shape index (κ2) is 7.58. The molecule has 0 saturated carbocycles. The molecule has 1 aromatic carbocycles. The van der Waals surface area contributed by atoms with Crippen LogP contribution in [0.4, 0.5) is 5.69 Å². The van der Waals surface area contributed by atoms with Crippen molar-refractivity contribution in [2.24, 2.45) is 0 Å². The van der Waals surface area contributed by atoms with E-state index in [2.05, 4.69) is 9.72 Å². The fourth-order valence-corrected chi connectivity index (χ4v) is 3.71. The summed E-state index contributed by atoms with van der Waals surface area (Å²) in [7, 11) is 1.25. The molecule has 1 fully saturated rings. The van der Waals surface area contributed by atoms with E-state index in [9.17, 15) is 24.3 Å². The van der Waals surface area contributed by atoms with E-state index >= 15 is 0 Å². The van der Waals surface area contributed by atoms with Crippen LogP contribution in [0.3, 0.4) is 0 Å². The summed E-state index contributed by atoms with van der Waals surface area (Å²) in [5, 5.41) is 10.5. The quantitative estimate of drug-likeness (QED) is 0.544. The Hall–Kier alpha value is -3.20. The summed E-state index contributed by atoms with van der Waals surface area (Å²) in [6, 6.07) is 8.64. The highest BCUT2D eigenvalue weighted by atomic mass is 32.2. The molecular formula is C18H13N2O6S-. The number of aromatic carboxylic acids is 1. The van der Waals surface area contributed by atoms with Crippen molar-refractivity contribution >= 4 is 41.2 Å². The number of carbonyl (C=O) groups excluding carboxylic acids is 4. The minimum Gasteiger partial charge on any atom is -0.545 e. The third-order valence-corrected chi connectivity index (χ3v) is 5.10. The summed E-state index contributed by atoms with van der Waals surface area (Å²) in [4.78, 5) is 52.7. The van der Waals surface area contributed by atoms with Gasteiger partial charge in [-0.2, -0.15) is 0 Å². The van der Waals surface area contributed by atoms with Gasteiger partial charge in [0.15, 0.2) is 0 Å². The number of nitrogens with zero attached hydrogens (tertiary/aromatic N) is 2. The Bertz CT molecular complexity index is 928. The van der Waals surface area contributed by atoms with Crippen LogP contribution in [0.1, 0.15) is 27.1 Å². The molecule has 1 unspecified atom stereocenters. The predicted octanol–water partition coefficient (Wildman–Crippen LogP) is 0.656. The maximum Gasteiger partial charge on any atom is 0.337 e. The van der Waals surface area contributed by atoms with E-state index in [1.54, 1.807) is 0 Å². The first-order valence-electron chi connectivity index (χ1n) is 7.80. The number of benzene rings is 1. The molecule has 1 atom stereocenters. The van der Waals surface area contributed by atoms with Crippen LogP contribution in [0.25, 0.3) is 0 Å². The Morgan fingerprint density at radius 3 is 2.56 bits per heavy atom. The second-order valence-electron chi connectivity index (χ2n) is 5.56. The zero-order valence-electron chi connectivity index (χ0n) is 14.1. The van der Waals surface area contributed by atoms with E-state index in [0.29, 0.717) is 11.3 Å². The molecule has 1 aromatic heterocycles. The van der Waals surface area contributed by atoms with Gasteiger partial charge < -0.3 is 14.6 Å². The van der Waals surface area contributed by atoms with Gasteiger partial charge in [-0.25, -0.2) is 14.7 Å². The molecule has 0 aliphatic carbocycles. The van der Waals surface area contributed by atoms with Crippen molar-refractivity contribution in [3.8, 4) is 0 Å². The average Bonchev–Trinajstić information content (AvgIpc) is 2.95. The molecule has 8 nitrogen and oxygen atoms in total. The Morgan fingerprint density at radius 2 is 1.93 bits per heavy atom. The SMILES string of the molecule is COC(=O)c1ccc(N2C(=O)CC(Sc3ncccc3C(=O)[O-])C2=O)cc1. The number of hydrogen-bond donors (Lipinski definition) is 0. The van der Waals surface area contributed by atoms with Crippen LogP contribution in [-0.2, 0) is 14.3 Å². The molecule has 1 aliphatic rings. The van der Waals surface area contributed by atoms with E-state index < -0.39 is 29.0 Å². The van der Waals surface area contributed by atoms with Gasteiger partial charge >= 0.3 is 5.97 Å². The van der Waals surface area contributed by atoms with E-state index in [1.807, 2.05) is 0 Å². The lowest BCUT2D eigenvalue weighted by molar-refractivity contribution is -0.255. The summed E-state index contributed by atoms with van der Waals surface area (Å²) < 4.78 is 4.61. The number of ether oxygens (including phenoxy) is 1. The van der Waals surface area contributed by atoms with E-state index in [-0.39, 0.29) is 17.0 Å². The number of carboxylic acid groups (broad SMARTS) is 1. The first-order valence-corrected chi connectivity index (χ1v) is 8.68. The zero-order valence-corrected chi connectivity index (χ0v) is 14.9. The molecular weight excluding hydrogens is 372 g/mol. The number of imide groups is 1. The van der Waals surface area contributed by atoms with Gasteiger partial charge in [0, 0.05) is 18.2 Å². The molecule has 27 heavy (non-hydrogen) atoms. The Kier molecular flexibility index (Phi) is 5.22. The standard InChI is InChI=1S/C18H14N2O6S/c1-26-18(25)10-4-6-11(7-5-10)20-14(21)9-13(16(20)22)27-15-12(17(23)24)3-2-8-19-15/h2-8,13H,9H2,1H3,(H,23,24)/p-1. The lowest BCUT2D eigenvalue weighted by Gasteiger charge is -2.15. The molecule has 0 spiro atoms. The van der Waals surface area contributed by atoms with E-state index in [0.717, 1.165) is 16.7 Å². The number of hydrogen-bond acceptors (Lipinski definition) is 8. The lowest BCUT2D eigenvalue weighted by Crippen LogP contribution is -2.31. The first-order chi connectivity index (χ1) is 12.9. The molecule has 0 radical (unpaired) electrons. The molecule has 1 saturated heterocycles. The summed E-state index contributed by atoms with van der Waals surface area (Å²) >= 11 is 0.910. The van der Waals surface area contributed by atoms with Gasteiger partial charge in [-0.15, -0.1) is 0 Å². The van der Waals surface area contributed by atoms with Crippen molar-refractivity contribution in [3.05, 3.63) is 53.7 Å². The van der Waals surface area contributed by atoms with Crippen LogP contribution in [0.5, 0.6) is 0 Å². The highest BCUT2D eigenvalue weighted by molar-refractivity contribution is 8.00. The molecule has 2 heterocycles. The summed E-state index contributed by atoms with van der Waals surface area (Å²) in [6.45, 7) is 0. The predicted molar refractivity (Wildman–Crippen MR) is 93.1 cm³/mol. The number of esters is 1. The van der Waals surface area contributed by atoms with Gasteiger partial charge in [0.25, 0.3) is 0 Å². The lowest BCUT2D eigenvalue weighted by atomic mass is 10.2. The number of anilines is 1. The van der Waals surface area contributed by atoms with Crippen LogP contribution in [-0.4, -0.2) is 41.1 Å². The van der Waals surface area contributed by atoms with Gasteiger partial charge in [0.05, 0.1) is 29.6 Å². The normalized spacial score (nSPS) is 16.5. The molecule has 0 bridgehead atoms. The smallest absolute Gasteiger partial charge is 0.337 e. The number of pyridine rings is 1. The van der Waals surface area contributed by atoms with E-state index in [4.69, 9.17) is 0 Å². The number of rotatable bonds is 5. The van der Waals surface area contributed by atoms with Crippen LogP contribution in [0.2, 0.25) is 0 Å². The van der Waals surface area contributed by atoms with Gasteiger partial charge in [-0.05, 0) is 36.4 Å². The summed E-state index contributed by atoms with van der Waals surface area (Å²) in [5.74, 6) is -2.84. The largest absolute Gasteiger partial charge is 0.545 e. The molecule has 2 aromatic rings. The summed E-state index contributed by atoms with van der Waals surface area (Å²) in [5.41, 5.74) is 0.476. The van der Waals surface area contributed by atoms with Crippen LogP contribution in [0.15, 0.2) is 47.6 Å². The van der Waals surface area contributed by atoms with Crippen molar-refractivity contribution in [3.63, 3.8) is 0 Å². The maximum absolute atomic E-state index is 12.7. The topological polar surface area (TPSA) is 117 Å². The monoisotopic (exact) mass is 385 g/mol. The fourth-order valence-electron chi connectivity index (χ4n) is 2.61. The minimum absolute atomic E-state index is 0.0919. The first kappa shape index (κ1) is 18.6. The van der Waals surface area contributed by atoms with Crippen LogP contribution in [0, 0.1) is 0 Å². The number of methoxy groups -OCH3 is 1. The second-order valence-corrected chi connectivity index (χ2v) is 6.75. The number of amides is 2. The fraction of sp³-hybridized carbons (Fsp3) is 0.167. The highest BCUT2D eigenvalue weighted by Crippen LogP contribution is 2.34. The van der Waals surface area contributed by atoms with Gasteiger partial charge in [-0.1, -0.05) is 11.8 Å². The maximum atomic E-state index is 12.7. The number of carbonyl (C=O) groups is 4. The van der Waals surface area contributed by atoms with Gasteiger partial charge in [0.2, 0.25) is 11.8 Å². The Morgan fingerprint density at radius 1 is 1.22 bits per heavy atom. The van der Waals surface area contributed by atoms with Gasteiger partial charge in [-0.3, -0.25) is 9.59 Å². The third-order valence-electron chi connectivity index (χ3n) is 3.90. The van der Waals surface area contributed by atoms with Crippen molar-refractivity contribution in [1.29, 1.82) is 0 Å². The molecule has 2 amide bonds. The van der Waals surface area contributed by atoms with E-state index in [1.165, 1.54) is 49.7 Å². The van der Waals surface area contributed by atoms with Gasteiger partial charge in [0.1, 0.15) is 5.03 Å². The molecule has 9 heteroatoms. The Balaban J connectivity index is 1.81.